The highest BCUT2D eigenvalue weighted by molar-refractivity contribution is 5.15. The molecular formula is C5H9N. The quantitative estimate of drug-likeness (QED) is 0.299. The summed E-state index contributed by atoms with van der Waals surface area (Å²) in [6.07, 6.45) is 2.52. The van der Waals surface area contributed by atoms with Crippen molar-refractivity contribution in [1.82, 2.24) is 0 Å². The summed E-state index contributed by atoms with van der Waals surface area (Å²) in [5.41, 5.74) is 0. The van der Waals surface area contributed by atoms with Crippen LogP contribution in [-0.2, 0) is 0 Å². The van der Waals surface area contributed by atoms with Gasteiger partial charge in [-0.3, -0.25) is 0 Å². The normalized spacial score (nSPS) is 21.0. The summed E-state index contributed by atoms with van der Waals surface area (Å²) < 4.78 is 1.99. The van der Waals surface area contributed by atoms with Crippen molar-refractivity contribution < 1.29 is 4.58 Å². The minimum absolute atomic E-state index is 1.15. The lowest BCUT2D eigenvalue weighted by molar-refractivity contribution is -0.459. The second kappa shape index (κ2) is 1.33. The van der Waals surface area contributed by atoms with Gasteiger partial charge in [-0.05, 0) is 19.6 Å². The highest BCUT2D eigenvalue weighted by atomic mass is 15.0. The maximum atomic E-state index is 3.72. The van der Waals surface area contributed by atoms with Crippen molar-refractivity contribution in [2.24, 2.45) is 0 Å². The SMILES string of the molecule is C=[N+]1[CH-]CCC1. The molecule has 34 valence electrons. The molecule has 0 radical (unpaired) electrons. The topological polar surface area (TPSA) is 3.01 Å². The molecule has 1 fully saturated rings. The second-order valence-electron chi connectivity index (χ2n) is 1.64. The van der Waals surface area contributed by atoms with E-state index >= 15 is 0 Å². The van der Waals surface area contributed by atoms with Crippen LogP contribution >= 0.6 is 0 Å². The van der Waals surface area contributed by atoms with E-state index in [2.05, 4.69) is 13.3 Å². The molecule has 1 nitrogen and oxygen atoms in total. The standard InChI is InChI=1S/C5H9N/c1-6-4-2-3-5-6/h4H,1-3,5H2. The Morgan fingerprint density at radius 2 is 2.50 bits per heavy atom. The van der Waals surface area contributed by atoms with Gasteiger partial charge in [0.2, 0.25) is 0 Å². The summed E-state index contributed by atoms with van der Waals surface area (Å²) in [5, 5.41) is 0. The van der Waals surface area contributed by atoms with Crippen LogP contribution in [0, 0.1) is 6.54 Å². The van der Waals surface area contributed by atoms with Crippen LogP contribution in [0.25, 0.3) is 0 Å². The van der Waals surface area contributed by atoms with Crippen LogP contribution in [0.5, 0.6) is 0 Å². The first-order valence-corrected chi connectivity index (χ1v) is 2.30. The van der Waals surface area contributed by atoms with Crippen molar-refractivity contribution >= 4 is 6.72 Å². The van der Waals surface area contributed by atoms with Gasteiger partial charge in [-0.15, -0.1) is 0 Å². The van der Waals surface area contributed by atoms with Crippen molar-refractivity contribution in [2.45, 2.75) is 12.8 Å². The average molecular weight is 83.1 g/mol. The Labute approximate surface area is 38.3 Å². The maximum absolute atomic E-state index is 3.72. The average Bonchev–Trinajstić information content (AvgIpc) is 1.86. The van der Waals surface area contributed by atoms with Crippen molar-refractivity contribution in [3.8, 4) is 0 Å². The van der Waals surface area contributed by atoms with Gasteiger partial charge in [0, 0.05) is 6.54 Å². The Kier molecular flexibility index (Phi) is 0.825. The van der Waals surface area contributed by atoms with E-state index in [1.165, 1.54) is 12.8 Å². The molecule has 0 aromatic carbocycles. The summed E-state index contributed by atoms with van der Waals surface area (Å²) in [6.45, 7) is 6.99. The third-order valence-electron chi connectivity index (χ3n) is 1.04. The third-order valence-corrected chi connectivity index (χ3v) is 1.04. The minimum atomic E-state index is 1.15. The molecule has 1 heteroatoms. The lowest BCUT2D eigenvalue weighted by Gasteiger charge is -1.89. The van der Waals surface area contributed by atoms with E-state index < -0.39 is 0 Å². The van der Waals surface area contributed by atoms with Crippen molar-refractivity contribution in [2.75, 3.05) is 6.54 Å². The van der Waals surface area contributed by atoms with Crippen molar-refractivity contribution in [1.29, 1.82) is 0 Å². The Morgan fingerprint density at radius 3 is 2.67 bits per heavy atom. The monoisotopic (exact) mass is 83.1 g/mol. The lowest BCUT2D eigenvalue weighted by Crippen LogP contribution is -1.94. The number of nitrogens with zero attached hydrogens (tertiary/aromatic N) is 1. The molecule has 0 saturated carbocycles. The fraction of sp³-hybridized carbons (Fsp3) is 0.600. The number of hydrogen-bond donors (Lipinski definition) is 0. The Bertz CT molecular complexity index is 58.3. The molecule has 1 aliphatic rings. The first kappa shape index (κ1) is 3.72. The molecule has 0 aromatic rings. The molecule has 1 aliphatic heterocycles. The van der Waals surface area contributed by atoms with Crippen LogP contribution in [0.4, 0.5) is 0 Å². The maximum Gasteiger partial charge on any atom is 0.114 e. The van der Waals surface area contributed by atoms with E-state index in [0.717, 1.165) is 6.54 Å². The summed E-state index contributed by atoms with van der Waals surface area (Å²) >= 11 is 0. The third kappa shape index (κ3) is 0.534. The molecule has 6 heavy (non-hydrogen) atoms. The molecule has 1 heterocycles. The fourth-order valence-electron chi connectivity index (χ4n) is 0.660. The Balaban J connectivity index is 2.37. The van der Waals surface area contributed by atoms with E-state index in [1.54, 1.807) is 0 Å². The minimum Gasteiger partial charge on any atom is -0.372 e. The van der Waals surface area contributed by atoms with Gasteiger partial charge in [0.15, 0.2) is 0 Å². The Hall–Kier alpha value is -0.460. The molecule has 1 rings (SSSR count). The molecule has 1 saturated heterocycles. The molecule has 0 spiro atoms. The van der Waals surface area contributed by atoms with Crippen LogP contribution in [0.3, 0.4) is 0 Å². The fourth-order valence-corrected chi connectivity index (χ4v) is 0.660. The van der Waals surface area contributed by atoms with Crippen molar-refractivity contribution in [3.05, 3.63) is 6.54 Å². The molecule has 0 bridgehead atoms. The predicted octanol–water partition coefficient (Wildman–Crippen LogP) is 0.655. The van der Waals surface area contributed by atoms with Gasteiger partial charge >= 0.3 is 0 Å². The first-order chi connectivity index (χ1) is 2.89. The smallest absolute Gasteiger partial charge is 0.114 e. The second-order valence-corrected chi connectivity index (χ2v) is 1.64. The van der Waals surface area contributed by atoms with Gasteiger partial charge in [-0.1, -0.05) is 0 Å². The Morgan fingerprint density at radius 1 is 1.67 bits per heavy atom. The zero-order valence-corrected chi connectivity index (χ0v) is 3.85. The number of hydrogen-bond acceptors (Lipinski definition) is 0. The van der Waals surface area contributed by atoms with Gasteiger partial charge in [0.25, 0.3) is 0 Å². The molecule has 0 aromatic heterocycles. The van der Waals surface area contributed by atoms with Gasteiger partial charge in [-0.25, -0.2) is 0 Å². The zero-order valence-electron chi connectivity index (χ0n) is 3.85. The highest BCUT2D eigenvalue weighted by Crippen LogP contribution is 2.02. The lowest BCUT2D eigenvalue weighted by atomic mass is 10.4. The van der Waals surface area contributed by atoms with Gasteiger partial charge < -0.3 is 4.58 Å². The van der Waals surface area contributed by atoms with Crippen LogP contribution in [0.1, 0.15) is 12.8 Å². The molecule has 0 aliphatic carbocycles. The first-order valence-electron chi connectivity index (χ1n) is 2.30. The molecule has 0 atom stereocenters. The summed E-state index contributed by atoms with van der Waals surface area (Å²) in [4.78, 5) is 0. The predicted molar refractivity (Wildman–Crippen MR) is 25.8 cm³/mol. The van der Waals surface area contributed by atoms with E-state index in [1.807, 2.05) is 4.58 Å². The van der Waals surface area contributed by atoms with E-state index in [9.17, 15) is 0 Å². The van der Waals surface area contributed by atoms with E-state index in [0.29, 0.717) is 0 Å². The zero-order chi connectivity index (χ0) is 4.41. The largest absolute Gasteiger partial charge is 0.372 e. The molecular weight excluding hydrogens is 74.1 g/mol. The summed E-state index contributed by atoms with van der Waals surface area (Å²) in [7, 11) is 0. The van der Waals surface area contributed by atoms with E-state index in [4.69, 9.17) is 0 Å². The highest BCUT2D eigenvalue weighted by Gasteiger charge is 2.00. The van der Waals surface area contributed by atoms with E-state index in [-0.39, 0.29) is 0 Å². The number of rotatable bonds is 0. The van der Waals surface area contributed by atoms with Crippen LogP contribution in [-0.4, -0.2) is 17.8 Å². The van der Waals surface area contributed by atoms with Gasteiger partial charge in [-0.2, -0.15) is 0 Å². The van der Waals surface area contributed by atoms with Crippen molar-refractivity contribution in [3.63, 3.8) is 0 Å². The summed E-state index contributed by atoms with van der Waals surface area (Å²) in [6, 6.07) is 0. The summed E-state index contributed by atoms with van der Waals surface area (Å²) in [5.74, 6) is 0. The molecule has 0 unspecified atom stereocenters. The van der Waals surface area contributed by atoms with Gasteiger partial charge in [0.05, 0.1) is 0 Å². The molecule has 0 amide bonds. The van der Waals surface area contributed by atoms with Crippen LogP contribution < -0.4 is 0 Å². The van der Waals surface area contributed by atoms with Gasteiger partial charge in [0.1, 0.15) is 6.54 Å². The van der Waals surface area contributed by atoms with Crippen LogP contribution in [0.2, 0.25) is 0 Å². The molecule has 0 N–H and O–H groups in total. The van der Waals surface area contributed by atoms with Crippen LogP contribution in [0.15, 0.2) is 0 Å².